The molecule has 0 spiro atoms. The first-order valence-electron chi connectivity index (χ1n) is 11.0. The Balaban J connectivity index is 1.82. The summed E-state index contributed by atoms with van der Waals surface area (Å²) in [5.74, 6) is 0. The number of aryl methyl sites for hydroxylation is 2. The maximum absolute atomic E-state index is 3.81. The highest BCUT2D eigenvalue weighted by atomic mass is 15.1. The van der Waals surface area contributed by atoms with Gasteiger partial charge >= 0.3 is 0 Å². The zero-order valence-electron chi connectivity index (χ0n) is 17.7. The number of para-hydroxylation sites is 1. The summed E-state index contributed by atoms with van der Waals surface area (Å²) in [6.07, 6.45) is 10.3. The molecule has 0 amide bonds. The molecule has 1 heteroatoms. The van der Waals surface area contributed by atoms with Crippen molar-refractivity contribution in [3.8, 4) is 0 Å². The molecule has 0 aliphatic heterocycles. The van der Waals surface area contributed by atoms with Gasteiger partial charge in [-0.05, 0) is 86.1 Å². The lowest BCUT2D eigenvalue weighted by Gasteiger charge is -2.26. The third kappa shape index (κ3) is 6.09. The summed E-state index contributed by atoms with van der Waals surface area (Å²) < 4.78 is 0. The van der Waals surface area contributed by atoms with Gasteiger partial charge in [-0.2, -0.15) is 0 Å². The van der Waals surface area contributed by atoms with Crippen LogP contribution >= 0.6 is 0 Å². The second-order valence-electron chi connectivity index (χ2n) is 7.64. The SMILES string of the molecule is C=CCCCCc1ccc(N(c2ccccc2)c2ccc(CCCC)cc2)cc1. The maximum atomic E-state index is 3.81. The highest BCUT2D eigenvalue weighted by Gasteiger charge is 2.12. The molecule has 29 heavy (non-hydrogen) atoms. The fraction of sp³-hybridized carbons (Fsp3) is 0.286. The van der Waals surface area contributed by atoms with E-state index in [-0.39, 0.29) is 0 Å². The Morgan fingerprint density at radius 1 is 0.655 bits per heavy atom. The fourth-order valence-corrected chi connectivity index (χ4v) is 3.65. The lowest BCUT2D eigenvalue weighted by molar-refractivity contribution is 0.748. The molecule has 3 rings (SSSR count). The van der Waals surface area contributed by atoms with Crippen molar-refractivity contribution in [1.29, 1.82) is 0 Å². The molecule has 0 unspecified atom stereocenters. The molecule has 0 bridgehead atoms. The zero-order chi connectivity index (χ0) is 20.3. The second kappa shape index (κ2) is 11.3. The molecule has 0 N–H and O–H groups in total. The maximum Gasteiger partial charge on any atom is 0.0461 e. The van der Waals surface area contributed by atoms with Gasteiger partial charge in [-0.15, -0.1) is 6.58 Å². The summed E-state index contributed by atoms with van der Waals surface area (Å²) >= 11 is 0. The fourth-order valence-electron chi connectivity index (χ4n) is 3.65. The number of hydrogen-bond donors (Lipinski definition) is 0. The van der Waals surface area contributed by atoms with Gasteiger partial charge in [0.2, 0.25) is 0 Å². The predicted molar refractivity (Wildman–Crippen MR) is 127 cm³/mol. The van der Waals surface area contributed by atoms with E-state index in [1.54, 1.807) is 0 Å². The van der Waals surface area contributed by atoms with Crippen LogP contribution in [0.3, 0.4) is 0 Å². The lowest BCUT2D eigenvalue weighted by Crippen LogP contribution is -2.10. The van der Waals surface area contributed by atoms with Crippen molar-refractivity contribution < 1.29 is 0 Å². The van der Waals surface area contributed by atoms with Gasteiger partial charge in [-0.1, -0.05) is 61.9 Å². The molecule has 150 valence electrons. The van der Waals surface area contributed by atoms with Crippen LogP contribution in [0.2, 0.25) is 0 Å². The number of anilines is 3. The third-order valence-corrected chi connectivity index (χ3v) is 5.35. The topological polar surface area (TPSA) is 3.24 Å². The minimum atomic E-state index is 1.11. The van der Waals surface area contributed by atoms with Gasteiger partial charge in [0.05, 0.1) is 0 Å². The van der Waals surface area contributed by atoms with Crippen molar-refractivity contribution in [3.63, 3.8) is 0 Å². The summed E-state index contributed by atoms with van der Waals surface area (Å²) in [6.45, 7) is 6.05. The molecule has 0 saturated heterocycles. The third-order valence-electron chi connectivity index (χ3n) is 5.35. The van der Waals surface area contributed by atoms with Gasteiger partial charge in [-0.3, -0.25) is 0 Å². The van der Waals surface area contributed by atoms with E-state index in [0.717, 1.165) is 19.3 Å². The standard InChI is InChI=1S/C28H33N/c1-3-5-7-9-13-25-18-22-28(23-19-25)29(26-14-10-8-11-15-26)27-20-16-24(17-21-27)12-6-4-2/h3,8,10-11,14-23H,1,4-7,9,12-13H2,2H3. The van der Waals surface area contributed by atoms with Crippen LogP contribution < -0.4 is 4.90 Å². The summed E-state index contributed by atoms with van der Waals surface area (Å²) in [7, 11) is 0. The van der Waals surface area contributed by atoms with E-state index in [2.05, 4.69) is 97.3 Å². The molecule has 0 saturated carbocycles. The Hall–Kier alpha value is -2.80. The molecule has 3 aromatic rings. The van der Waals surface area contributed by atoms with Gasteiger partial charge in [0, 0.05) is 17.1 Å². The van der Waals surface area contributed by atoms with Crippen LogP contribution in [0.25, 0.3) is 0 Å². The van der Waals surface area contributed by atoms with Crippen LogP contribution in [0.15, 0.2) is 91.5 Å². The van der Waals surface area contributed by atoms with Gasteiger partial charge < -0.3 is 4.90 Å². The largest absolute Gasteiger partial charge is 0.311 e. The van der Waals surface area contributed by atoms with E-state index in [0.29, 0.717) is 0 Å². The van der Waals surface area contributed by atoms with E-state index in [9.17, 15) is 0 Å². The van der Waals surface area contributed by atoms with Crippen molar-refractivity contribution in [2.24, 2.45) is 0 Å². The van der Waals surface area contributed by atoms with E-state index >= 15 is 0 Å². The normalized spacial score (nSPS) is 10.7. The zero-order valence-corrected chi connectivity index (χ0v) is 17.7. The highest BCUT2D eigenvalue weighted by Crippen LogP contribution is 2.34. The van der Waals surface area contributed by atoms with Gasteiger partial charge in [0.1, 0.15) is 0 Å². The van der Waals surface area contributed by atoms with E-state index in [4.69, 9.17) is 0 Å². The molecule has 0 fully saturated rings. The average molecular weight is 384 g/mol. The minimum absolute atomic E-state index is 1.11. The summed E-state index contributed by atoms with van der Waals surface area (Å²) in [4.78, 5) is 2.34. The molecule has 0 heterocycles. The minimum Gasteiger partial charge on any atom is -0.311 e. The molecular weight excluding hydrogens is 350 g/mol. The number of unbranched alkanes of at least 4 members (excludes halogenated alkanes) is 3. The molecule has 0 atom stereocenters. The number of hydrogen-bond acceptors (Lipinski definition) is 1. The monoisotopic (exact) mass is 383 g/mol. The van der Waals surface area contributed by atoms with Gasteiger partial charge in [0.25, 0.3) is 0 Å². The van der Waals surface area contributed by atoms with E-state index < -0.39 is 0 Å². The molecule has 0 aliphatic rings. The summed E-state index contributed by atoms with van der Waals surface area (Å²) in [5, 5.41) is 0. The van der Waals surface area contributed by atoms with Crippen LogP contribution in [-0.4, -0.2) is 0 Å². The van der Waals surface area contributed by atoms with Crippen molar-refractivity contribution in [2.75, 3.05) is 4.90 Å². The summed E-state index contributed by atoms with van der Waals surface area (Å²) in [5.41, 5.74) is 6.41. The van der Waals surface area contributed by atoms with E-state index in [1.165, 1.54) is 53.9 Å². The quantitative estimate of drug-likeness (QED) is 0.237. The Labute approximate surface area is 176 Å². The van der Waals surface area contributed by atoms with Crippen molar-refractivity contribution in [1.82, 2.24) is 0 Å². The summed E-state index contributed by atoms with van der Waals surface area (Å²) in [6, 6.07) is 28.7. The number of rotatable bonds is 11. The Kier molecular flexibility index (Phi) is 8.12. The lowest BCUT2D eigenvalue weighted by atomic mass is 10.1. The molecule has 1 nitrogen and oxygen atoms in total. The highest BCUT2D eigenvalue weighted by molar-refractivity contribution is 5.76. The van der Waals surface area contributed by atoms with Crippen molar-refractivity contribution in [2.45, 2.75) is 51.9 Å². The van der Waals surface area contributed by atoms with Crippen LogP contribution in [0.1, 0.15) is 50.2 Å². The van der Waals surface area contributed by atoms with Crippen LogP contribution in [0.5, 0.6) is 0 Å². The van der Waals surface area contributed by atoms with Crippen molar-refractivity contribution in [3.05, 3.63) is 103 Å². The number of nitrogens with zero attached hydrogens (tertiary/aromatic N) is 1. The number of allylic oxidation sites excluding steroid dienone is 1. The molecule has 0 aromatic heterocycles. The molecule has 3 aromatic carbocycles. The Morgan fingerprint density at radius 2 is 1.17 bits per heavy atom. The first-order chi connectivity index (χ1) is 14.3. The van der Waals surface area contributed by atoms with Crippen molar-refractivity contribution >= 4 is 17.1 Å². The molecular formula is C28H33N. The van der Waals surface area contributed by atoms with Crippen LogP contribution in [0, 0.1) is 0 Å². The average Bonchev–Trinajstić information content (AvgIpc) is 2.78. The Morgan fingerprint density at radius 3 is 1.69 bits per heavy atom. The molecule has 0 radical (unpaired) electrons. The second-order valence-corrected chi connectivity index (χ2v) is 7.64. The number of benzene rings is 3. The predicted octanol–water partition coefficient (Wildman–Crippen LogP) is 8.40. The first-order valence-corrected chi connectivity index (χ1v) is 11.0. The first kappa shape index (κ1) is 20.9. The molecule has 0 aliphatic carbocycles. The van der Waals surface area contributed by atoms with Gasteiger partial charge in [-0.25, -0.2) is 0 Å². The smallest absolute Gasteiger partial charge is 0.0461 e. The van der Waals surface area contributed by atoms with Crippen LogP contribution in [0.4, 0.5) is 17.1 Å². The Bertz CT molecular complexity index is 847. The van der Waals surface area contributed by atoms with Crippen LogP contribution in [-0.2, 0) is 12.8 Å². The van der Waals surface area contributed by atoms with E-state index in [1.807, 2.05) is 6.08 Å². The van der Waals surface area contributed by atoms with Gasteiger partial charge in [0.15, 0.2) is 0 Å².